The van der Waals surface area contributed by atoms with Crippen molar-refractivity contribution in [2.75, 3.05) is 6.54 Å². The fourth-order valence-electron chi connectivity index (χ4n) is 1.19. The molecule has 78 valence electrons. The van der Waals surface area contributed by atoms with Crippen LogP contribution in [-0.4, -0.2) is 16.5 Å². The third-order valence-electron chi connectivity index (χ3n) is 1.88. The van der Waals surface area contributed by atoms with Gasteiger partial charge in [0.25, 0.3) is 0 Å². The van der Waals surface area contributed by atoms with Crippen LogP contribution in [0.5, 0.6) is 0 Å². The molecule has 2 N–H and O–H groups in total. The lowest BCUT2D eigenvalue weighted by Crippen LogP contribution is -2.10. The smallest absolute Gasteiger partial charge is 0.150 e. The Morgan fingerprint density at radius 2 is 2.27 bits per heavy atom. The average molecular weight is 237 g/mol. The van der Waals surface area contributed by atoms with E-state index < -0.39 is 0 Å². The van der Waals surface area contributed by atoms with Gasteiger partial charge in [0.2, 0.25) is 0 Å². The molecule has 2 aromatic rings. The molecule has 0 fully saturated rings. The van der Waals surface area contributed by atoms with Crippen molar-refractivity contribution in [2.45, 2.75) is 9.59 Å². The first-order valence-corrected chi connectivity index (χ1v) is 6.33. The van der Waals surface area contributed by atoms with E-state index in [1.54, 1.807) is 35.5 Å². The van der Waals surface area contributed by atoms with Crippen LogP contribution < -0.4 is 5.73 Å². The van der Waals surface area contributed by atoms with Gasteiger partial charge in [0.05, 0.1) is 10.9 Å². The Balaban J connectivity index is 2.12. The highest BCUT2D eigenvalue weighted by Crippen LogP contribution is 2.34. The molecule has 0 bridgehead atoms. The van der Waals surface area contributed by atoms with Crippen LogP contribution in [0, 0.1) is 0 Å². The van der Waals surface area contributed by atoms with Gasteiger partial charge in [0.1, 0.15) is 4.34 Å². The van der Waals surface area contributed by atoms with E-state index in [1.165, 1.54) is 0 Å². The van der Waals surface area contributed by atoms with Gasteiger partial charge in [-0.2, -0.15) is 0 Å². The summed E-state index contributed by atoms with van der Waals surface area (Å²) in [5, 5.41) is 2.16. The van der Waals surface area contributed by atoms with E-state index in [-0.39, 0.29) is 5.25 Å². The fourth-order valence-corrected chi connectivity index (χ4v) is 3.00. The lowest BCUT2D eigenvalue weighted by atomic mass is 10.3. The number of nitrogens with two attached hydrogens (primary N) is 1. The van der Waals surface area contributed by atoms with Gasteiger partial charge in [-0.3, -0.25) is 4.98 Å². The predicted octanol–water partition coefficient (Wildman–Crippen LogP) is 2.33. The van der Waals surface area contributed by atoms with Gasteiger partial charge in [-0.05, 0) is 12.1 Å². The molecule has 2 aromatic heterocycles. The molecule has 0 aromatic carbocycles. The molecule has 0 aliphatic heterocycles. The number of thioether (sulfide) groups is 1. The van der Waals surface area contributed by atoms with Gasteiger partial charge in [-0.25, -0.2) is 4.98 Å². The second-order valence-corrected chi connectivity index (χ2v) is 5.24. The molecule has 2 rings (SSSR count). The third kappa shape index (κ3) is 2.77. The Kier molecular flexibility index (Phi) is 3.71. The standard InChI is InChI=1S/C10H11N3S2/c11-7-9(8-3-1-2-4-12-8)15-10-13-5-6-14-10/h1-6,9H,7,11H2. The van der Waals surface area contributed by atoms with Crippen molar-refractivity contribution in [1.82, 2.24) is 9.97 Å². The zero-order chi connectivity index (χ0) is 10.5. The van der Waals surface area contributed by atoms with Crippen LogP contribution in [0.3, 0.4) is 0 Å². The molecule has 2 heterocycles. The van der Waals surface area contributed by atoms with Crippen LogP contribution in [0.1, 0.15) is 10.9 Å². The van der Waals surface area contributed by atoms with Crippen LogP contribution in [0.25, 0.3) is 0 Å². The van der Waals surface area contributed by atoms with Gasteiger partial charge < -0.3 is 5.73 Å². The zero-order valence-corrected chi connectivity index (χ0v) is 9.67. The molecule has 0 spiro atoms. The van der Waals surface area contributed by atoms with E-state index in [2.05, 4.69) is 9.97 Å². The Bertz CT molecular complexity index is 388. The lowest BCUT2D eigenvalue weighted by molar-refractivity contribution is 0.897. The van der Waals surface area contributed by atoms with E-state index in [0.717, 1.165) is 10.0 Å². The van der Waals surface area contributed by atoms with E-state index in [4.69, 9.17) is 5.73 Å². The number of thiazole rings is 1. The number of nitrogens with zero attached hydrogens (tertiary/aromatic N) is 2. The van der Waals surface area contributed by atoms with Crippen LogP contribution in [0.4, 0.5) is 0 Å². The highest BCUT2D eigenvalue weighted by Gasteiger charge is 2.13. The molecule has 0 saturated heterocycles. The fraction of sp³-hybridized carbons (Fsp3) is 0.200. The van der Waals surface area contributed by atoms with Gasteiger partial charge in [-0.15, -0.1) is 11.3 Å². The summed E-state index contributed by atoms with van der Waals surface area (Å²) >= 11 is 3.30. The minimum atomic E-state index is 0.192. The molecule has 1 unspecified atom stereocenters. The van der Waals surface area contributed by atoms with Crippen LogP contribution in [0.15, 0.2) is 40.3 Å². The molecule has 0 aliphatic carbocycles. The first-order valence-electron chi connectivity index (χ1n) is 4.57. The molecular weight excluding hydrogens is 226 g/mol. The average Bonchev–Trinajstić information content (AvgIpc) is 2.80. The molecular formula is C10H11N3S2. The molecule has 15 heavy (non-hydrogen) atoms. The highest BCUT2D eigenvalue weighted by molar-refractivity contribution is 8.01. The maximum Gasteiger partial charge on any atom is 0.150 e. The van der Waals surface area contributed by atoms with Crippen molar-refractivity contribution in [3.8, 4) is 0 Å². The molecule has 0 amide bonds. The van der Waals surface area contributed by atoms with E-state index in [9.17, 15) is 0 Å². The first kappa shape index (κ1) is 10.6. The maximum absolute atomic E-state index is 5.74. The summed E-state index contributed by atoms with van der Waals surface area (Å²) in [5.41, 5.74) is 6.75. The van der Waals surface area contributed by atoms with Crippen molar-refractivity contribution in [3.63, 3.8) is 0 Å². The van der Waals surface area contributed by atoms with Crippen molar-refractivity contribution in [2.24, 2.45) is 5.73 Å². The number of hydrogen-bond donors (Lipinski definition) is 1. The van der Waals surface area contributed by atoms with E-state index >= 15 is 0 Å². The Morgan fingerprint density at radius 1 is 1.33 bits per heavy atom. The quantitative estimate of drug-likeness (QED) is 0.829. The number of pyridine rings is 1. The third-order valence-corrected chi connectivity index (χ3v) is 4.05. The minimum absolute atomic E-state index is 0.192. The van der Waals surface area contributed by atoms with Crippen LogP contribution in [-0.2, 0) is 0 Å². The predicted molar refractivity (Wildman–Crippen MR) is 64.0 cm³/mol. The molecule has 5 heteroatoms. The Hall–Kier alpha value is -0.910. The first-order chi connectivity index (χ1) is 7.40. The zero-order valence-electron chi connectivity index (χ0n) is 8.04. The topological polar surface area (TPSA) is 51.8 Å². The molecule has 3 nitrogen and oxygen atoms in total. The molecule has 0 saturated carbocycles. The SMILES string of the molecule is NCC(Sc1nccs1)c1ccccn1. The summed E-state index contributed by atoms with van der Waals surface area (Å²) in [7, 11) is 0. The van der Waals surface area contributed by atoms with Crippen molar-refractivity contribution in [1.29, 1.82) is 0 Å². The van der Waals surface area contributed by atoms with Gasteiger partial charge in [0, 0.05) is 24.3 Å². The number of rotatable bonds is 4. The monoisotopic (exact) mass is 237 g/mol. The summed E-state index contributed by atoms with van der Waals surface area (Å²) in [5.74, 6) is 0. The number of hydrogen-bond acceptors (Lipinski definition) is 5. The van der Waals surface area contributed by atoms with Crippen molar-refractivity contribution in [3.05, 3.63) is 41.7 Å². The van der Waals surface area contributed by atoms with Gasteiger partial charge in [0.15, 0.2) is 0 Å². The Labute approximate surface area is 96.8 Å². The maximum atomic E-state index is 5.74. The molecule has 0 aliphatic rings. The van der Waals surface area contributed by atoms with E-state index in [1.807, 2.05) is 23.6 Å². The Morgan fingerprint density at radius 3 is 2.87 bits per heavy atom. The normalized spacial score (nSPS) is 12.6. The molecule has 1 atom stereocenters. The molecule has 0 radical (unpaired) electrons. The van der Waals surface area contributed by atoms with Crippen molar-refractivity contribution < 1.29 is 0 Å². The van der Waals surface area contributed by atoms with Gasteiger partial charge in [-0.1, -0.05) is 17.8 Å². The van der Waals surface area contributed by atoms with Crippen LogP contribution in [0.2, 0.25) is 0 Å². The van der Waals surface area contributed by atoms with E-state index in [0.29, 0.717) is 6.54 Å². The highest BCUT2D eigenvalue weighted by atomic mass is 32.2. The second kappa shape index (κ2) is 5.25. The largest absolute Gasteiger partial charge is 0.329 e. The van der Waals surface area contributed by atoms with Crippen LogP contribution >= 0.6 is 23.1 Å². The number of aromatic nitrogens is 2. The summed E-state index contributed by atoms with van der Waals surface area (Å²) in [6, 6.07) is 5.89. The summed E-state index contributed by atoms with van der Waals surface area (Å²) < 4.78 is 1.04. The lowest BCUT2D eigenvalue weighted by Gasteiger charge is -2.11. The second-order valence-electron chi connectivity index (χ2n) is 2.89. The summed E-state index contributed by atoms with van der Waals surface area (Å²) in [4.78, 5) is 8.53. The van der Waals surface area contributed by atoms with Gasteiger partial charge >= 0.3 is 0 Å². The summed E-state index contributed by atoms with van der Waals surface area (Å²) in [6.07, 6.45) is 3.60. The summed E-state index contributed by atoms with van der Waals surface area (Å²) in [6.45, 7) is 0.571. The van der Waals surface area contributed by atoms with Crippen molar-refractivity contribution >= 4 is 23.1 Å². The minimum Gasteiger partial charge on any atom is -0.329 e.